The van der Waals surface area contributed by atoms with E-state index in [2.05, 4.69) is 34.5 Å². The van der Waals surface area contributed by atoms with Crippen LogP contribution in [-0.2, 0) is 0 Å². The maximum Gasteiger partial charge on any atom is 0.108 e. The Morgan fingerprint density at radius 3 is 3.00 bits per heavy atom. The third kappa shape index (κ3) is 1.57. The third-order valence-corrected chi connectivity index (χ3v) is 3.13. The van der Waals surface area contributed by atoms with Crippen molar-refractivity contribution in [2.75, 3.05) is 6.54 Å². The molecule has 0 aliphatic carbocycles. The molecule has 0 amide bonds. The lowest BCUT2D eigenvalue weighted by Crippen LogP contribution is -2.42. The summed E-state index contributed by atoms with van der Waals surface area (Å²) in [5.74, 6) is 0.658. The van der Waals surface area contributed by atoms with E-state index in [0.717, 1.165) is 21.8 Å². The maximum absolute atomic E-state index is 5.89. The third-order valence-electron chi connectivity index (χ3n) is 3.13. The molecular formula is C12H16N6. The van der Waals surface area contributed by atoms with Crippen LogP contribution in [0.5, 0.6) is 0 Å². The van der Waals surface area contributed by atoms with E-state index in [0.29, 0.717) is 18.4 Å². The van der Waals surface area contributed by atoms with Crippen LogP contribution in [0.2, 0.25) is 0 Å². The molecule has 94 valence electrons. The maximum atomic E-state index is 5.89. The van der Waals surface area contributed by atoms with E-state index >= 15 is 0 Å². The number of nitrogens with zero attached hydrogens (tertiary/aromatic N) is 3. The van der Waals surface area contributed by atoms with Gasteiger partial charge < -0.3 is 11.1 Å². The van der Waals surface area contributed by atoms with Crippen LogP contribution in [-0.4, -0.2) is 26.5 Å². The van der Waals surface area contributed by atoms with Gasteiger partial charge >= 0.3 is 0 Å². The Hall–Kier alpha value is -2.24. The van der Waals surface area contributed by atoms with Gasteiger partial charge in [-0.15, -0.1) is 0 Å². The monoisotopic (exact) mass is 244 g/mol. The number of nitrogens with one attached hydrogen (secondary N) is 2. The van der Waals surface area contributed by atoms with E-state index in [1.807, 2.05) is 16.9 Å². The molecule has 0 bridgehead atoms. The minimum absolute atomic E-state index is 0.355. The molecule has 0 aromatic carbocycles. The molecule has 0 saturated carbocycles. The fourth-order valence-corrected chi connectivity index (χ4v) is 2.09. The Morgan fingerprint density at radius 1 is 1.44 bits per heavy atom. The Bertz CT molecular complexity index is 690. The highest BCUT2D eigenvalue weighted by atomic mass is 15.3. The summed E-state index contributed by atoms with van der Waals surface area (Å²) in [6.45, 7) is 4.87. The summed E-state index contributed by atoms with van der Waals surface area (Å²) >= 11 is 0. The quantitative estimate of drug-likeness (QED) is 0.633. The van der Waals surface area contributed by atoms with E-state index in [1.165, 1.54) is 0 Å². The average Bonchev–Trinajstić information content (AvgIpc) is 2.98. The molecule has 0 spiro atoms. The molecule has 6 nitrogen and oxygen atoms in total. The summed E-state index contributed by atoms with van der Waals surface area (Å²) in [6, 6.07) is 2.37. The van der Waals surface area contributed by atoms with Crippen molar-refractivity contribution in [2.45, 2.75) is 19.9 Å². The second kappa shape index (κ2) is 3.90. The Morgan fingerprint density at radius 2 is 2.28 bits per heavy atom. The van der Waals surface area contributed by atoms with Crippen LogP contribution in [0.25, 0.3) is 11.4 Å². The number of aromatic amines is 1. The van der Waals surface area contributed by atoms with Gasteiger partial charge in [0, 0.05) is 24.4 Å². The van der Waals surface area contributed by atoms with Crippen molar-refractivity contribution in [3.8, 4) is 0 Å². The molecule has 3 rings (SSSR count). The number of fused-ring (bicyclic) bond motifs is 1. The lowest BCUT2D eigenvalue weighted by atomic mass is 10.1. The van der Waals surface area contributed by atoms with Crippen LogP contribution >= 0.6 is 0 Å². The van der Waals surface area contributed by atoms with E-state index in [1.54, 1.807) is 6.20 Å². The molecule has 0 saturated heterocycles. The Labute approximate surface area is 104 Å². The largest absolute Gasteiger partial charge is 0.385 e. The summed E-state index contributed by atoms with van der Waals surface area (Å²) in [6.07, 6.45) is 3.72. The molecule has 2 aromatic heterocycles. The molecule has 4 N–H and O–H groups in total. The van der Waals surface area contributed by atoms with Gasteiger partial charge in [-0.1, -0.05) is 0 Å². The van der Waals surface area contributed by atoms with Crippen LogP contribution < -0.4 is 21.6 Å². The van der Waals surface area contributed by atoms with Gasteiger partial charge in [0.2, 0.25) is 0 Å². The fraction of sp³-hybridized carbons (Fsp3) is 0.333. The first kappa shape index (κ1) is 10.9. The molecule has 18 heavy (non-hydrogen) atoms. The first-order valence-corrected chi connectivity index (χ1v) is 5.98. The highest BCUT2D eigenvalue weighted by Crippen LogP contribution is 2.11. The smallest absolute Gasteiger partial charge is 0.108 e. The van der Waals surface area contributed by atoms with Gasteiger partial charge in [0.15, 0.2) is 0 Å². The molecule has 3 heterocycles. The van der Waals surface area contributed by atoms with Crippen molar-refractivity contribution < 1.29 is 0 Å². The predicted octanol–water partition coefficient (Wildman–Crippen LogP) is -0.986. The van der Waals surface area contributed by atoms with Crippen LogP contribution in [0.1, 0.15) is 25.6 Å². The fourth-order valence-electron chi connectivity index (χ4n) is 2.09. The van der Waals surface area contributed by atoms with Crippen molar-refractivity contribution >= 4 is 11.4 Å². The second-order valence-corrected chi connectivity index (χ2v) is 4.68. The Kier molecular flexibility index (Phi) is 2.36. The zero-order valence-corrected chi connectivity index (χ0v) is 10.4. The van der Waals surface area contributed by atoms with Crippen LogP contribution in [0.4, 0.5) is 0 Å². The van der Waals surface area contributed by atoms with Crippen molar-refractivity contribution in [1.82, 2.24) is 25.3 Å². The Balaban J connectivity index is 2.20. The highest BCUT2D eigenvalue weighted by molar-refractivity contribution is 5.66. The van der Waals surface area contributed by atoms with Crippen LogP contribution in [0.3, 0.4) is 0 Å². The van der Waals surface area contributed by atoms with Gasteiger partial charge in [-0.25, -0.2) is 0 Å². The van der Waals surface area contributed by atoms with Crippen molar-refractivity contribution in [1.29, 1.82) is 0 Å². The van der Waals surface area contributed by atoms with Gasteiger partial charge in [0.05, 0.1) is 22.5 Å². The van der Waals surface area contributed by atoms with Gasteiger partial charge in [0.1, 0.15) is 5.82 Å². The number of aromatic nitrogens is 4. The zero-order valence-electron chi connectivity index (χ0n) is 10.4. The minimum Gasteiger partial charge on any atom is -0.385 e. The van der Waals surface area contributed by atoms with Crippen molar-refractivity contribution in [3.05, 3.63) is 34.7 Å². The molecule has 1 aliphatic rings. The number of H-pyrrole nitrogens is 1. The summed E-state index contributed by atoms with van der Waals surface area (Å²) in [5, 5.41) is 16.7. The summed E-state index contributed by atoms with van der Waals surface area (Å²) in [7, 11) is 0. The SMILES string of the molecule is CC(C)n1ccc(C2=c3[nH]ncc3=C(N)NC2)n1. The second-order valence-electron chi connectivity index (χ2n) is 4.68. The first-order valence-electron chi connectivity index (χ1n) is 5.98. The molecule has 1 aliphatic heterocycles. The highest BCUT2D eigenvalue weighted by Gasteiger charge is 2.14. The molecule has 6 heteroatoms. The summed E-state index contributed by atoms with van der Waals surface area (Å²) in [4.78, 5) is 0. The zero-order chi connectivity index (χ0) is 12.7. The first-order chi connectivity index (χ1) is 8.66. The molecule has 0 unspecified atom stereocenters. The van der Waals surface area contributed by atoms with Crippen LogP contribution in [0, 0.1) is 0 Å². The molecule has 0 radical (unpaired) electrons. The van der Waals surface area contributed by atoms with Crippen molar-refractivity contribution in [2.24, 2.45) is 5.73 Å². The number of nitrogens with two attached hydrogens (primary N) is 1. The van der Waals surface area contributed by atoms with E-state index in [9.17, 15) is 0 Å². The molecule has 2 aromatic rings. The van der Waals surface area contributed by atoms with Gasteiger partial charge in [-0.2, -0.15) is 10.2 Å². The average molecular weight is 244 g/mol. The lowest BCUT2D eigenvalue weighted by Gasteiger charge is -2.12. The normalized spacial score (nSPS) is 14.8. The summed E-state index contributed by atoms with van der Waals surface area (Å²) in [5.41, 5.74) is 7.94. The van der Waals surface area contributed by atoms with Gasteiger partial charge in [-0.05, 0) is 19.9 Å². The minimum atomic E-state index is 0.355. The van der Waals surface area contributed by atoms with E-state index in [4.69, 9.17) is 5.73 Å². The lowest BCUT2D eigenvalue weighted by molar-refractivity contribution is 0.531. The molecular weight excluding hydrogens is 228 g/mol. The van der Waals surface area contributed by atoms with Crippen molar-refractivity contribution in [3.63, 3.8) is 0 Å². The topological polar surface area (TPSA) is 84.5 Å². The molecule has 0 atom stereocenters. The number of hydrogen-bond acceptors (Lipinski definition) is 4. The van der Waals surface area contributed by atoms with Gasteiger partial charge in [0.25, 0.3) is 0 Å². The number of rotatable bonds is 2. The standard InChI is InChI=1S/C12H16N6/c1-7(2)18-4-3-10(17-18)8-5-14-12(13)9-6-15-16-11(8)9/h3-4,6-7,14,16H,5,13H2,1-2H3. The van der Waals surface area contributed by atoms with Gasteiger partial charge in [-0.3, -0.25) is 9.78 Å². The predicted molar refractivity (Wildman–Crippen MR) is 68.6 cm³/mol. The van der Waals surface area contributed by atoms with Crippen LogP contribution in [0.15, 0.2) is 18.5 Å². The summed E-state index contributed by atoms with van der Waals surface area (Å²) < 4.78 is 1.94. The van der Waals surface area contributed by atoms with E-state index < -0.39 is 0 Å². The molecule has 0 fully saturated rings. The number of hydrogen-bond donors (Lipinski definition) is 3. The van der Waals surface area contributed by atoms with E-state index in [-0.39, 0.29) is 0 Å².